The van der Waals surface area contributed by atoms with Crippen LogP contribution >= 0.6 is 0 Å². The number of aromatic amines is 1. The topological polar surface area (TPSA) is 19.0 Å². The fraction of sp³-hybridized carbons (Fsp3) is 0.412. The molecule has 0 aliphatic rings. The quantitative estimate of drug-likeness (QED) is 0.741. The fourth-order valence-corrected chi connectivity index (χ4v) is 2.31. The van der Waals surface area contributed by atoms with Gasteiger partial charge in [-0.1, -0.05) is 18.6 Å². The molecule has 1 heterocycles. The number of aromatic nitrogens is 1. The molecule has 0 atom stereocenters. The summed E-state index contributed by atoms with van der Waals surface area (Å²) < 4.78 is 0. The van der Waals surface area contributed by atoms with E-state index in [-0.39, 0.29) is 0 Å². The summed E-state index contributed by atoms with van der Waals surface area (Å²) in [4.78, 5) is 5.40. The largest absolute Gasteiger partial charge is 0.378 e. The van der Waals surface area contributed by atoms with Gasteiger partial charge in [0.05, 0.1) is 0 Å². The number of anilines is 1. The number of benzene rings is 1. The molecule has 1 N–H and O–H groups in total. The van der Waals surface area contributed by atoms with Gasteiger partial charge in [0, 0.05) is 31.7 Å². The van der Waals surface area contributed by atoms with Crippen LogP contribution in [-0.2, 0) is 12.8 Å². The van der Waals surface area contributed by atoms with Crippen LogP contribution in [0.15, 0.2) is 42.6 Å². The highest BCUT2D eigenvalue weighted by Gasteiger charge is 1.98. The second-order valence-corrected chi connectivity index (χ2v) is 5.32. The van der Waals surface area contributed by atoms with Crippen LogP contribution < -0.4 is 4.90 Å². The summed E-state index contributed by atoms with van der Waals surface area (Å²) in [7, 11) is 4.16. The molecular weight excluding hydrogens is 232 g/mol. The number of hydrogen-bond donors (Lipinski definition) is 1. The van der Waals surface area contributed by atoms with Gasteiger partial charge in [-0.3, -0.25) is 0 Å². The Labute approximate surface area is 116 Å². The van der Waals surface area contributed by atoms with Crippen LogP contribution in [0, 0.1) is 0 Å². The van der Waals surface area contributed by atoms with Gasteiger partial charge in [0.25, 0.3) is 0 Å². The molecule has 0 spiro atoms. The molecule has 0 aliphatic heterocycles. The maximum atomic E-state index is 3.26. The van der Waals surface area contributed by atoms with Crippen LogP contribution in [0.25, 0.3) is 0 Å². The molecule has 0 bridgehead atoms. The lowest BCUT2D eigenvalue weighted by molar-refractivity contribution is 0.673. The maximum absolute atomic E-state index is 3.26. The molecule has 1 aromatic carbocycles. The van der Waals surface area contributed by atoms with Crippen molar-refractivity contribution in [2.75, 3.05) is 19.0 Å². The van der Waals surface area contributed by atoms with Gasteiger partial charge in [-0.25, -0.2) is 0 Å². The van der Waals surface area contributed by atoms with Crippen molar-refractivity contribution in [2.24, 2.45) is 0 Å². The summed E-state index contributed by atoms with van der Waals surface area (Å²) in [6.45, 7) is 0. The number of hydrogen-bond acceptors (Lipinski definition) is 1. The zero-order valence-electron chi connectivity index (χ0n) is 12.0. The van der Waals surface area contributed by atoms with Crippen LogP contribution in [0.1, 0.15) is 30.5 Å². The molecule has 0 aliphatic carbocycles. The summed E-state index contributed by atoms with van der Waals surface area (Å²) >= 11 is 0. The number of rotatable bonds is 7. The van der Waals surface area contributed by atoms with Crippen molar-refractivity contribution >= 4 is 5.69 Å². The molecule has 1 aromatic heterocycles. The van der Waals surface area contributed by atoms with E-state index in [4.69, 9.17) is 0 Å². The van der Waals surface area contributed by atoms with E-state index in [0.29, 0.717) is 0 Å². The zero-order valence-corrected chi connectivity index (χ0v) is 12.0. The van der Waals surface area contributed by atoms with Crippen LogP contribution in [0.2, 0.25) is 0 Å². The Morgan fingerprint density at radius 2 is 1.63 bits per heavy atom. The minimum absolute atomic E-state index is 1.17. The van der Waals surface area contributed by atoms with Gasteiger partial charge >= 0.3 is 0 Å². The Bertz CT molecular complexity index is 455. The number of aryl methyl sites for hydroxylation is 2. The van der Waals surface area contributed by atoms with Crippen molar-refractivity contribution in [1.82, 2.24) is 4.98 Å². The molecule has 0 unspecified atom stereocenters. The SMILES string of the molecule is CN(C)c1ccc(CCCCCc2ccc[nH]2)cc1. The van der Waals surface area contributed by atoms with Crippen LogP contribution in [0.5, 0.6) is 0 Å². The molecule has 2 rings (SSSR count). The third-order valence-electron chi connectivity index (χ3n) is 3.53. The summed E-state index contributed by atoms with van der Waals surface area (Å²) in [5.41, 5.74) is 4.08. The molecule has 0 saturated heterocycles. The van der Waals surface area contributed by atoms with E-state index in [1.165, 1.54) is 49.0 Å². The molecule has 2 heteroatoms. The molecule has 102 valence electrons. The summed E-state index contributed by atoms with van der Waals surface area (Å²) in [6, 6.07) is 13.1. The first-order valence-electron chi connectivity index (χ1n) is 7.14. The molecule has 19 heavy (non-hydrogen) atoms. The van der Waals surface area contributed by atoms with Crippen molar-refractivity contribution in [3.05, 3.63) is 53.9 Å². The smallest absolute Gasteiger partial charge is 0.0361 e. The first-order valence-corrected chi connectivity index (χ1v) is 7.14. The van der Waals surface area contributed by atoms with Crippen LogP contribution in [0.3, 0.4) is 0 Å². The number of nitrogens with one attached hydrogen (secondary N) is 1. The Kier molecular flexibility index (Phi) is 5.08. The minimum Gasteiger partial charge on any atom is -0.378 e. The van der Waals surface area contributed by atoms with E-state index in [2.05, 4.69) is 60.4 Å². The Hall–Kier alpha value is -1.70. The van der Waals surface area contributed by atoms with Gasteiger partial charge in [0.15, 0.2) is 0 Å². The Morgan fingerprint density at radius 3 is 2.26 bits per heavy atom. The predicted octanol–water partition coefficient (Wildman–Crippen LogP) is 4.04. The van der Waals surface area contributed by atoms with Crippen LogP contribution in [0.4, 0.5) is 5.69 Å². The van der Waals surface area contributed by atoms with Crippen molar-refractivity contribution in [3.8, 4) is 0 Å². The molecule has 0 amide bonds. The lowest BCUT2D eigenvalue weighted by Gasteiger charge is -2.12. The molecular formula is C17H24N2. The number of unbranched alkanes of at least 4 members (excludes halogenated alkanes) is 2. The number of nitrogens with zero attached hydrogens (tertiary/aromatic N) is 1. The first kappa shape index (κ1) is 13.7. The highest BCUT2D eigenvalue weighted by molar-refractivity contribution is 5.45. The zero-order chi connectivity index (χ0) is 13.5. The van der Waals surface area contributed by atoms with Crippen molar-refractivity contribution in [2.45, 2.75) is 32.1 Å². The van der Waals surface area contributed by atoms with Crippen molar-refractivity contribution in [1.29, 1.82) is 0 Å². The van der Waals surface area contributed by atoms with Gasteiger partial charge in [-0.15, -0.1) is 0 Å². The third kappa shape index (κ3) is 4.47. The van der Waals surface area contributed by atoms with Crippen molar-refractivity contribution in [3.63, 3.8) is 0 Å². The van der Waals surface area contributed by atoms with Crippen LogP contribution in [-0.4, -0.2) is 19.1 Å². The normalized spacial score (nSPS) is 10.6. The lowest BCUT2D eigenvalue weighted by Crippen LogP contribution is -2.08. The Balaban J connectivity index is 1.65. The highest BCUT2D eigenvalue weighted by Crippen LogP contribution is 2.14. The minimum atomic E-state index is 1.17. The van der Waals surface area contributed by atoms with Gasteiger partial charge < -0.3 is 9.88 Å². The standard InChI is InChI=1S/C17H24N2/c1-19(2)17-12-10-15(11-13-17)7-4-3-5-8-16-9-6-14-18-16/h6,9-14,18H,3-5,7-8H2,1-2H3. The second-order valence-electron chi connectivity index (χ2n) is 5.32. The van der Waals surface area contributed by atoms with Gasteiger partial charge in [-0.05, 0) is 55.5 Å². The molecule has 0 radical (unpaired) electrons. The van der Waals surface area contributed by atoms with E-state index in [9.17, 15) is 0 Å². The number of H-pyrrole nitrogens is 1. The van der Waals surface area contributed by atoms with Gasteiger partial charge in [0.1, 0.15) is 0 Å². The average molecular weight is 256 g/mol. The maximum Gasteiger partial charge on any atom is 0.0361 e. The average Bonchev–Trinajstić information content (AvgIpc) is 2.92. The summed E-state index contributed by atoms with van der Waals surface area (Å²) in [5.74, 6) is 0. The predicted molar refractivity (Wildman–Crippen MR) is 82.8 cm³/mol. The summed E-state index contributed by atoms with van der Waals surface area (Å²) in [6.07, 6.45) is 8.22. The molecule has 0 saturated carbocycles. The fourth-order valence-electron chi connectivity index (χ4n) is 2.31. The van der Waals surface area contributed by atoms with Gasteiger partial charge in [0.2, 0.25) is 0 Å². The highest BCUT2D eigenvalue weighted by atomic mass is 15.1. The second kappa shape index (κ2) is 7.03. The van der Waals surface area contributed by atoms with Gasteiger partial charge in [-0.2, -0.15) is 0 Å². The van der Waals surface area contributed by atoms with Crippen molar-refractivity contribution < 1.29 is 0 Å². The monoisotopic (exact) mass is 256 g/mol. The van der Waals surface area contributed by atoms with E-state index in [1.807, 2.05) is 6.20 Å². The molecule has 2 nitrogen and oxygen atoms in total. The Morgan fingerprint density at radius 1 is 0.895 bits per heavy atom. The third-order valence-corrected chi connectivity index (χ3v) is 3.53. The van der Waals surface area contributed by atoms with E-state index >= 15 is 0 Å². The van der Waals surface area contributed by atoms with E-state index in [0.717, 1.165) is 0 Å². The molecule has 0 fully saturated rings. The molecule has 2 aromatic rings. The van der Waals surface area contributed by atoms with E-state index < -0.39 is 0 Å². The summed E-state index contributed by atoms with van der Waals surface area (Å²) in [5, 5.41) is 0. The first-order chi connectivity index (χ1) is 9.25. The van der Waals surface area contributed by atoms with E-state index in [1.54, 1.807) is 0 Å². The lowest BCUT2D eigenvalue weighted by atomic mass is 10.1.